The van der Waals surface area contributed by atoms with Crippen molar-refractivity contribution in [1.82, 2.24) is 9.78 Å². The zero-order chi connectivity index (χ0) is 15.8. The summed E-state index contributed by atoms with van der Waals surface area (Å²) < 4.78 is 11.7. The van der Waals surface area contributed by atoms with Crippen molar-refractivity contribution in [3.05, 3.63) is 47.8 Å². The molecule has 0 amide bonds. The molecule has 1 atom stereocenters. The summed E-state index contributed by atoms with van der Waals surface area (Å²) in [5.74, 6) is -0.605. The van der Waals surface area contributed by atoms with E-state index in [4.69, 9.17) is 9.47 Å². The molecule has 2 aliphatic rings. The molecule has 23 heavy (non-hydrogen) atoms. The lowest BCUT2D eigenvalue weighted by Crippen LogP contribution is -2.24. The van der Waals surface area contributed by atoms with Crippen LogP contribution in [0.2, 0.25) is 0 Å². The van der Waals surface area contributed by atoms with Gasteiger partial charge in [-0.25, -0.2) is 14.3 Å². The number of benzene rings is 1. The molecule has 2 heterocycles. The van der Waals surface area contributed by atoms with E-state index < -0.39 is 18.0 Å². The highest BCUT2D eigenvalue weighted by Crippen LogP contribution is 2.39. The van der Waals surface area contributed by atoms with Gasteiger partial charge in [-0.15, -0.1) is 0 Å². The number of hydrogen-bond acceptors (Lipinski definition) is 5. The average molecular weight is 312 g/mol. The molecule has 4 rings (SSSR count). The third-order valence-corrected chi connectivity index (χ3v) is 4.07. The van der Waals surface area contributed by atoms with Crippen molar-refractivity contribution in [3.63, 3.8) is 0 Å². The van der Waals surface area contributed by atoms with Crippen LogP contribution in [0.5, 0.6) is 0 Å². The summed E-state index contributed by atoms with van der Waals surface area (Å²) in [6, 6.07) is 11.2. The molecular weight excluding hydrogens is 296 g/mol. The van der Waals surface area contributed by atoms with Crippen LogP contribution >= 0.6 is 0 Å². The van der Waals surface area contributed by atoms with E-state index in [1.54, 1.807) is 10.7 Å². The van der Waals surface area contributed by atoms with E-state index >= 15 is 0 Å². The predicted molar refractivity (Wildman–Crippen MR) is 80.3 cm³/mol. The molecular formula is C17H16N2O4. The first-order chi connectivity index (χ1) is 11.2. The lowest BCUT2D eigenvalue weighted by Gasteiger charge is -2.10. The maximum atomic E-state index is 12.5. The van der Waals surface area contributed by atoms with E-state index in [1.807, 2.05) is 30.3 Å². The predicted octanol–water partition coefficient (Wildman–Crippen LogP) is 2.22. The van der Waals surface area contributed by atoms with Crippen molar-refractivity contribution in [2.45, 2.75) is 31.3 Å². The second kappa shape index (κ2) is 5.53. The van der Waals surface area contributed by atoms with Gasteiger partial charge in [0.2, 0.25) is 6.10 Å². The highest BCUT2D eigenvalue weighted by molar-refractivity contribution is 5.91. The average Bonchev–Trinajstić information content (AvgIpc) is 3.20. The van der Waals surface area contributed by atoms with Crippen molar-refractivity contribution >= 4 is 11.9 Å². The van der Waals surface area contributed by atoms with Crippen molar-refractivity contribution in [2.24, 2.45) is 0 Å². The Labute approximate surface area is 133 Å². The van der Waals surface area contributed by atoms with Crippen molar-refractivity contribution in [3.8, 4) is 5.69 Å². The summed E-state index contributed by atoms with van der Waals surface area (Å²) in [6.45, 7) is 0.294. The summed E-state index contributed by atoms with van der Waals surface area (Å²) >= 11 is 0. The van der Waals surface area contributed by atoms with Gasteiger partial charge in [0.05, 0.1) is 18.0 Å². The number of hydrogen-bond donors (Lipinski definition) is 0. The van der Waals surface area contributed by atoms with Crippen LogP contribution in [-0.4, -0.2) is 34.4 Å². The van der Waals surface area contributed by atoms with Gasteiger partial charge >= 0.3 is 11.9 Å². The van der Waals surface area contributed by atoms with Crippen LogP contribution < -0.4 is 0 Å². The van der Waals surface area contributed by atoms with Crippen LogP contribution in [0.15, 0.2) is 36.4 Å². The van der Waals surface area contributed by atoms with Gasteiger partial charge in [0.25, 0.3) is 0 Å². The molecule has 6 nitrogen and oxygen atoms in total. The number of ether oxygens (including phenoxy) is 2. The maximum absolute atomic E-state index is 12.5. The number of esters is 2. The summed E-state index contributed by atoms with van der Waals surface area (Å²) in [6.07, 6.45) is 1.77. The van der Waals surface area contributed by atoms with E-state index in [9.17, 15) is 9.59 Å². The SMILES string of the molecule is O=C(OC1CCOC1=O)c1cc(C2CC2)nn1-c1ccccc1. The number of rotatable bonds is 4. The Hall–Kier alpha value is -2.63. The second-order valence-corrected chi connectivity index (χ2v) is 5.83. The van der Waals surface area contributed by atoms with Gasteiger partial charge in [0.1, 0.15) is 0 Å². The smallest absolute Gasteiger partial charge is 0.357 e. The first-order valence-electron chi connectivity index (χ1n) is 7.75. The molecule has 1 aromatic heterocycles. The molecule has 6 heteroatoms. The third-order valence-electron chi connectivity index (χ3n) is 4.07. The molecule has 0 N–H and O–H groups in total. The molecule has 1 aliphatic carbocycles. The Kier molecular flexibility index (Phi) is 3.37. The Bertz CT molecular complexity index is 749. The first kappa shape index (κ1) is 14.0. The van der Waals surface area contributed by atoms with Gasteiger partial charge in [0.15, 0.2) is 5.69 Å². The first-order valence-corrected chi connectivity index (χ1v) is 7.75. The molecule has 2 fully saturated rings. The topological polar surface area (TPSA) is 70.4 Å². The number of para-hydroxylation sites is 1. The normalized spacial score (nSPS) is 20.3. The fourth-order valence-corrected chi connectivity index (χ4v) is 2.66. The molecule has 1 aromatic carbocycles. The molecule has 0 radical (unpaired) electrons. The second-order valence-electron chi connectivity index (χ2n) is 5.83. The van der Waals surface area contributed by atoms with Crippen LogP contribution in [0.1, 0.15) is 41.4 Å². The summed E-state index contributed by atoms with van der Waals surface area (Å²) in [7, 11) is 0. The minimum Gasteiger partial charge on any atom is -0.463 e. The van der Waals surface area contributed by atoms with Crippen LogP contribution in [0.4, 0.5) is 0 Å². The van der Waals surface area contributed by atoms with E-state index in [1.165, 1.54) is 0 Å². The number of aromatic nitrogens is 2. The van der Waals surface area contributed by atoms with Gasteiger partial charge in [-0.2, -0.15) is 5.10 Å². The number of nitrogens with zero attached hydrogens (tertiary/aromatic N) is 2. The zero-order valence-corrected chi connectivity index (χ0v) is 12.5. The minimum absolute atomic E-state index is 0.294. The highest BCUT2D eigenvalue weighted by Gasteiger charge is 2.33. The Morgan fingerprint density at radius 2 is 2.00 bits per heavy atom. The fourth-order valence-electron chi connectivity index (χ4n) is 2.66. The number of carbonyl (C=O) groups excluding carboxylic acids is 2. The van der Waals surface area contributed by atoms with Crippen LogP contribution in [-0.2, 0) is 14.3 Å². The quantitative estimate of drug-likeness (QED) is 0.810. The number of cyclic esters (lactones) is 1. The largest absolute Gasteiger partial charge is 0.463 e. The highest BCUT2D eigenvalue weighted by atomic mass is 16.6. The standard InChI is InChI=1S/C17H16N2O4/c20-16(23-15-8-9-22-17(15)21)14-10-13(11-6-7-11)18-19(14)12-4-2-1-3-5-12/h1-5,10-11,15H,6-9H2. The molecule has 1 unspecified atom stereocenters. The molecule has 1 saturated heterocycles. The van der Waals surface area contributed by atoms with E-state index in [2.05, 4.69) is 5.10 Å². The monoisotopic (exact) mass is 312 g/mol. The Morgan fingerprint density at radius 3 is 2.65 bits per heavy atom. The number of carbonyl (C=O) groups is 2. The van der Waals surface area contributed by atoms with Crippen molar-refractivity contribution in [1.29, 1.82) is 0 Å². The maximum Gasteiger partial charge on any atom is 0.357 e. The van der Waals surface area contributed by atoms with Gasteiger partial charge in [-0.1, -0.05) is 18.2 Å². The fraction of sp³-hybridized carbons (Fsp3) is 0.353. The molecule has 118 valence electrons. The molecule has 1 aliphatic heterocycles. The van der Waals surface area contributed by atoms with Crippen molar-refractivity contribution < 1.29 is 19.1 Å². The lowest BCUT2D eigenvalue weighted by atomic mass is 10.2. The van der Waals surface area contributed by atoms with Crippen LogP contribution in [0, 0.1) is 0 Å². The summed E-state index contributed by atoms with van der Waals surface area (Å²) in [5, 5.41) is 4.56. The summed E-state index contributed by atoms with van der Waals surface area (Å²) in [4.78, 5) is 24.0. The van der Waals surface area contributed by atoms with E-state index in [0.717, 1.165) is 24.2 Å². The van der Waals surface area contributed by atoms with Crippen LogP contribution in [0.3, 0.4) is 0 Å². The molecule has 2 aromatic rings. The molecule has 0 spiro atoms. The summed E-state index contributed by atoms with van der Waals surface area (Å²) in [5.41, 5.74) is 2.04. The van der Waals surface area contributed by atoms with Gasteiger partial charge < -0.3 is 9.47 Å². The van der Waals surface area contributed by atoms with Gasteiger partial charge in [0, 0.05) is 12.3 Å². The van der Waals surface area contributed by atoms with Gasteiger partial charge in [-0.05, 0) is 31.0 Å². The Morgan fingerprint density at radius 1 is 1.22 bits per heavy atom. The molecule has 0 bridgehead atoms. The Balaban J connectivity index is 1.66. The lowest BCUT2D eigenvalue weighted by molar-refractivity contribution is -0.145. The van der Waals surface area contributed by atoms with E-state index in [-0.39, 0.29) is 0 Å². The van der Waals surface area contributed by atoms with E-state index in [0.29, 0.717) is 24.6 Å². The third kappa shape index (κ3) is 2.72. The van der Waals surface area contributed by atoms with Crippen molar-refractivity contribution in [2.75, 3.05) is 6.61 Å². The van der Waals surface area contributed by atoms with Crippen LogP contribution in [0.25, 0.3) is 5.69 Å². The zero-order valence-electron chi connectivity index (χ0n) is 12.5. The minimum atomic E-state index is -0.814. The van der Waals surface area contributed by atoms with Gasteiger partial charge in [-0.3, -0.25) is 0 Å². The molecule has 1 saturated carbocycles.